The number of benzene rings is 3. The molecule has 0 saturated heterocycles. The molecule has 0 aliphatic heterocycles. The summed E-state index contributed by atoms with van der Waals surface area (Å²) in [5.74, 6) is 0. The number of hydrogen-bond acceptors (Lipinski definition) is 6. The van der Waals surface area contributed by atoms with E-state index in [1.807, 2.05) is 34.9 Å². The van der Waals surface area contributed by atoms with Crippen LogP contribution in [-0.4, -0.2) is 31.4 Å². The van der Waals surface area contributed by atoms with Crippen LogP contribution >= 0.6 is 0 Å². The Morgan fingerprint density at radius 3 is 1.41 bits per heavy atom. The van der Waals surface area contributed by atoms with Crippen molar-refractivity contribution in [1.29, 1.82) is 0 Å². The first-order valence-electron chi connectivity index (χ1n) is 11.3. The molecule has 182 valence electrons. The van der Waals surface area contributed by atoms with Crippen molar-refractivity contribution in [2.75, 3.05) is 0 Å². The van der Waals surface area contributed by atoms with Crippen molar-refractivity contribution in [1.82, 2.24) is 14.5 Å². The quantitative estimate of drug-likeness (QED) is 0.305. The van der Waals surface area contributed by atoms with Crippen molar-refractivity contribution in [3.63, 3.8) is 0 Å². The number of fused-ring (bicyclic) bond motifs is 3. The second-order valence-corrected chi connectivity index (χ2v) is 12.2. The molecular formula is C28H19N3O4S2. The van der Waals surface area contributed by atoms with Crippen LogP contribution in [0.4, 0.5) is 0 Å². The number of aromatic nitrogens is 3. The van der Waals surface area contributed by atoms with Gasteiger partial charge in [-0.1, -0.05) is 30.3 Å². The molecule has 7 nitrogen and oxygen atoms in total. The van der Waals surface area contributed by atoms with Gasteiger partial charge in [-0.2, -0.15) is 0 Å². The molecule has 0 bridgehead atoms. The maximum Gasteiger partial charge on any atom is 0.223 e. The summed E-state index contributed by atoms with van der Waals surface area (Å²) in [5.41, 5.74) is 2.35. The molecule has 37 heavy (non-hydrogen) atoms. The molecule has 0 amide bonds. The lowest BCUT2D eigenvalue weighted by Gasteiger charge is -2.08. The van der Waals surface area contributed by atoms with Crippen LogP contribution in [0.2, 0.25) is 0 Å². The molecule has 0 aliphatic rings. The lowest BCUT2D eigenvalue weighted by Crippen LogP contribution is -2.04. The van der Waals surface area contributed by atoms with Gasteiger partial charge in [0, 0.05) is 28.9 Å². The van der Waals surface area contributed by atoms with Crippen molar-refractivity contribution >= 4 is 41.5 Å². The minimum absolute atomic E-state index is 0.0560. The Balaban J connectivity index is 1.65. The Bertz CT molecular complexity index is 1860. The highest BCUT2D eigenvalue weighted by atomic mass is 32.2. The first-order chi connectivity index (χ1) is 17.9. The van der Waals surface area contributed by atoms with Crippen LogP contribution in [0.15, 0.2) is 135 Å². The van der Waals surface area contributed by atoms with Crippen molar-refractivity contribution in [2.24, 2.45) is 0 Å². The number of pyridine rings is 2. The van der Waals surface area contributed by atoms with Crippen LogP contribution < -0.4 is 0 Å². The van der Waals surface area contributed by atoms with Crippen molar-refractivity contribution < 1.29 is 16.8 Å². The third kappa shape index (κ3) is 3.80. The molecule has 9 heteroatoms. The Morgan fingerprint density at radius 1 is 0.514 bits per heavy atom. The Morgan fingerprint density at radius 2 is 0.973 bits per heavy atom. The molecule has 3 aromatic carbocycles. The standard InChI is InChI=1S/C28H19N3O4S2/c32-36(33,27-10-4-6-16-29-27)21-12-14-25-23(18-21)24-19-22(37(34,35)28-11-5-7-17-30-28)13-15-26(24)31(25)20-8-2-1-3-9-20/h1-19H. The molecular weight excluding hydrogens is 506 g/mol. The van der Waals surface area contributed by atoms with E-state index in [9.17, 15) is 16.8 Å². The number of sulfone groups is 2. The summed E-state index contributed by atoms with van der Waals surface area (Å²) < 4.78 is 55.3. The second-order valence-electron chi connectivity index (χ2n) is 8.37. The molecule has 0 N–H and O–H groups in total. The maximum absolute atomic E-state index is 13.3. The minimum atomic E-state index is -3.88. The van der Waals surface area contributed by atoms with Gasteiger partial charge in [-0.25, -0.2) is 26.8 Å². The Hall–Kier alpha value is -4.34. The predicted octanol–water partition coefficient (Wildman–Crippen LogP) is 5.24. The Labute approximate surface area is 213 Å². The zero-order valence-electron chi connectivity index (χ0n) is 19.3. The number of hydrogen-bond donors (Lipinski definition) is 0. The largest absolute Gasteiger partial charge is 0.309 e. The number of para-hydroxylation sites is 1. The van der Waals surface area contributed by atoms with Crippen LogP contribution in [0.1, 0.15) is 0 Å². The van der Waals surface area contributed by atoms with E-state index >= 15 is 0 Å². The summed E-state index contributed by atoms with van der Waals surface area (Å²) in [4.78, 5) is 8.19. The Kier molecular flexibility index (Phi) is 5.40. The van der Waals surface area contributed by atoms with Gasteiger partial charge >= 0.3 is 0 Å². The van der Waals surface area contributed by atoms with Crippen LogP contribution in [0.5, 0.6) is 0 Å². The van der Waals surface area contributed by atoms with Gasteiger partial charge in [0.15, 0.2) is 10.1 Å². The zero-order chi connectivity index (χ0) is 25.6. The topological polar surface area (TPSA) is 99.0 Å². The molecule has 6 aromatic rings. The van der Waals surface area contributed by atoms with Crippen LogP contribution in [0, 0.1) is 0 Å². The van der Waals surface area contributed by atoms with Crippen LogP contribution in [0.25, 0.3) is 27.5 Å². The summed E-state index contributed by atoms with van der Waals surface area (Å²) in [6.07, 6.45) is 2.86. The minimum Gasteiger partial charge on any atom is -0.309 e. The first kappa shape index (κ1) is 23.1. The van der Waals surface area contributed by atoms with E-state index in [1.165, 1.54) is 24.5 Å². The fourth-order valence-electron chi connectivity index (χ4n) is 4.42. The van der Waals surface area contributed by atoms with Gasteiger partial charge in [-0.05, 0) is 72.8 Å². The third-order valence-electron chi connectivity index (χ3n) is 6.17. The predicted molar refractivity (Wildman–Crippen MR) is 140 cm³/mol. The summed E-state index contributed by atoms with van der Waals surface area (Å²) in [7, 11) is -7.77. The van der Waals surface area contributed by atoms with E-state index in [2.05, 4.69) is 9.97 Å². The van der Waals surface area contributed by atoms with E-state index in [0.29, 0.717) is 10.8 Å². The molecule has 0 atom stereocenters. The summed E-state index contributed by atoms with van der Waals surface area (Å²) in [6, 6.07) is 28.8. The van der Waals surface area contributed by atoms with E-state index in [4.69, 9.17) is 0 Å². The molecule has 0 radical (unpaired) electrons. The normalized spacial score (nSPS) is 12.2. The van der Waals surface area contributed by atoms with Gasteiger partial charge in [0.2, 0.25) is 19.7 Å². The van der Waals surface area contributed by atoms with E-state index < -0.39 is 19.7 Å². The number of nitrogens with zero attached hydrogens (tertiary/aromatic N) is 3. The van der Waals surface area contributed by atoms with E-state index in [0.717, 1.165) is 16.7 Å². The van der Waals surface area contributed by atoms with Gasteiger partial charge in [-0.15, -0.1) is 0 Å². The van der Waals surface area contributed by atoms with Gasteiger partial charge in [0.1, 0.15) is 0 Å². The number of rotatable bonds is 5. The highest BCUT2D eigenvalue weighted by Crippen LogP contribution is 2.36. The molecule has 0 aliphatic carbocycles. The van der Waals surface area contributed by atoms with Crippen molar-refractivity contribution in [2.45, 2.75) is 19.8 Å². The average Bonchev–Trinajstić information content (AvgIpc) is 3.27. The summed E-state index contributed by atoms with van der Waals surface area (Å²) >= 11 is 0. The van der Waals surface area contributed by atoms with Gasteiger partial charge in [0.25, 0.3) is 0 Å². The monoisotopic (exact) mass is 525 g/mol. The molecule has 3 heterocycles. The second kappa shape index (κ2) is 8.65. The van der Waals surface area contributed by atoms with E-state index in [1.54, 1.807) is 60.7 Å². The van der Waals surface area contributed by atoms with Crippen molar-refractivity contribution in [3.05, 3.63) is 116 Å². The first-order valence-corrected chi connectivity index (χ1v) is 14.3. The zero-order valence-corrected chi connectivity index (χ0v) is 20.9. The lowest BCUT2D eigenvalue weighted by molar-refractivity contribution is 0.591. The summed E-state index contributed by atoms with van der Waals surface area (Å²) in [5, 5.41) is 1.10. The average molecular weight is 526 g/mol. The van der Waals surface area contributed by atoms with Crippen LogP contribution in [0.3, 0.4) is 0 Å². The third-order valence-corrected chi connectivity index (χ3v) is 9.50. The SMILES string of the molecule is O=S(=O)(c1ccc2c(c1)c1cc(S(=O)(=O)c3ccccn3)ccc1n2-c1ccccc1)c1ccccn1. The molecule has 0 spiro atoms. The molecule has 0 fully saturated rings. The fraction of sp³-hybridized carbons (Fsp3) is 0. The molecule has 0 saturated carbocycles. The smallest absolute Gasteiger partial charge is 0.223 e. The van der Waals surface area contributed by atoms with Gasteiger partial charge < -0.3 is 4.57 Å². The summed E-state index contributed by atoms with van der Waals surface area (Å²) in [6.45, 7) is 0. The lowest BCUT2D eigenvalue weighted by atomic mass is 10.1. The molecule has 3 aromatic heterocycles. The highest BCUT2D eigenvalue weighted by molar-refractivity contribution is 7.91. The van der Waals surface area contributed by atoms with Crippen LogP contribution in [-0.2, 0) is 19.7 Å². The van der Waals surface area contributed by atoms with Gasteiger partial charge in [0.05, 0.1) is 20.8 Å². The highest BCUT2D eigenvalue weighted by Gasteiger charge is 2.24. The fourth-order valence-corrected chi connectivity index (χ4v) is 6.86. The van der Waals surface area contributed by atoms with Crippen molar-refractivity contribution in [3.8, 4) is 5.69 Å². The molecule has 6 rings (SSSR count). The molecule has 0 unspecified atom stereocenters. The van der Waals surface area contributed by atoms with Gasteiger partial charge in [-0.3, -0.25) is 0 Å². The van der Waals surface area contributed by atoms with E-state index in [-0.39, 0.29) is 19.8 Å². The maximum atomic E-state index is 13.3.